The van der Waals surface area contributed by atoms with E-state index in [1.807, 2.05) is 24.3 Å². The van der Waals surface area contributed by atoms with Crippen LogP contribution in [0.1, 0.15) is 0 Å². The van der Waals surface area contributed by atoms with Gasteiger partial charge in [0.05, 0.1) is 13.3 Å². The van der Waals surface area contributed by atoms with Gasteiger partial charge in [0.1, 0.15) is 5.75 Å². The largest absolute Gasteiger partial charge is 0.496 e. The second-order valence-electron chi connectivity index (χ2n) is 4.74. The Morgan fingerprint density at radius 2 is 2.00 bits per heavy atom. The summed E-state index contributed by atoms with van der Waals surface area (Å²) in [6.45, 7) is 3.90. The number of hydrogen-bond donors (Lipinski definition) is 1. The molecule has 0 atom stereocenters. The van der Waals surface area contributed by atoms with E-state index in [1.54, 1.807) is 13.3 Å². The van der Waals surface area contributed by atoms with Crippen molar-refractivity contribution in [1.29, 1.82) is 0 Å². The summed E-state index contributed by atoms with van der Waals surface area (Å²) in [5.41, 5.74) is 2.08. The lowest BCUT2D eigenvalue weighted by molar-refractivity contribution is 0.416. The average molecular weight is 270 g/mol. The van der Waals surface area contributed by atoms with Crippen LogP contribution in [-0.4, -0.2) is 43.5 Å². The van der Waals surface area contributed by atoms with Crippen molar-refractivity contribution < 1.29 is 4.74 Å². The minimum atomic E-state index is 0.853. The molecule has 20 heavy (non-hydrogen) atoms. The van der Waals surface area contributed by atoms with Crippen LogP contribution in [0.5, 0.6) is 5.75 Å². The third-order valence-electron chi connectivity index (χ3n) is 3.50. The molecule has 2 aromatic rings. The third-order valence-corrected chi connectivity index (χ3v) is 3.50. The van der Waals surface area contributed by atoms with Crippen molar-refractivity contribution >= 4 is 5.82 Å². The van der Waals surface area contributed by atoms with Gasteiger partial charge in [0.2, 0.25) is 0 Å². The van der Waals surface area contributed by atoms with Gasteiger partial charge in [-0.25, -0.2) is 0 Å². The van der Waals surface area contributed by atoms with Crippen LogP contribution < -0.4 is 15.0 Å². The first-order valence-corrected chi connectivity index (χ1v) is 6.80. The number of piperazine rings is 1. The van der Waals surface area contributed by atoms with Gasteiger partial charge in [0, 0.05) is 37.3 Å². The molecule has 1 aliphatic rings. The van der Waals surface area contributed by atoms with Crippen LogP contribution in [0.4, 0.5) is 5.82 Å². The van der Waals surface area contributed by atoms with Crippen LogP contribution in [0.25, 0.3) is 11.1 Å². The van der Waals surface area contributed by atoms with Gasteiger partial charge in [-0.05, 0) is 12.1 Å². The smallest absolute Gasteiger partial charge is 0.151 e. The maximum absolute atomic E-state index is 5.41. The first kappa shape index (κ1) is 12.9. The zero-order chi connectivity index (χ0) is 13.8. The second-order valence-corrected chi connectivity index (χ2v) is 4.74. The zero-order valence-corrected chi connectivity index (χ0v) is 11.5. The highest BCUT2D eigenvalue weighted by atomic mass is 16.5. The van der Waals surface area contributed by atoms with Crippen molar-refractivity contribution in [2.75, 3.05) is 38.2 Å². The Labute approximate surface area is 118 Å². The number of para-hydroxylation sites is 1. The Morgan fingerprint density at radius 1 is 1.20 bits per heavy atom. The number of aromatic nitrogens is 2. The number of hydrogen-bond acceptors (Lipinski definition) is 5. The lowest BCUT2D eigenvalue weighted by atomic mass is 10.1. The molecule has 2 heterocycles. The molecule has 1 aromatic heterocycles. The Balaban J connectivity index is 1.94. The SMILES string of the molecule is COc1ccccc1-c1cnnc(N2CCNCC2)c1. The van der Waals surface area contributed by atoms with Gasteiger partial charge in [0.15, 0.2) is 5.82 Å². The third kappa shape index (κ3) is 2.58. The molecule has 5 nitrogen and oxygen atoms in total. The maximum Gasteiger partial charge on any atom is 0.151 e. The van der Waals surface area contributed by atoms with E-state index in [1.165, 1.54) is 0 Å². The summed E-state index contributed by atoms with van der Waals surface area (Å²) in [6.07, 6.45) is 1.78. The minimum absolute atomic E-state index is 0.853. The number of nitrogens with zero attached hydrogens (tertiary/aromatic N) is 3. The summed E-state index contributed by atoms with van der Waals surface area (Å²) in [5, 5.41) is 11.7. The molecule has 0 spiro atoms. The summed E-state index contributed by atoms with van der Waals surface area (Å²) >= 11 is 0. The summed E-state index contributed by atoms with van der Waals surface area (Å²) in [4.78, 5) is 2.25. The maximum atomic E-state index is 5.41. The molecule has 0 unspecified atom stereocenters. The molecule has 1 N–H and O–H groups in total. The van der Waals surface area contributed by atoms with Gasteiger partial charge < -0.3 is 15.0 Å². The molecule has 1 aromatic carbocycles. The molecular weight excluding hydrogens is 252 g/mol. The topological polar surface area (TPSA) is 50.3 Å². The normalized spacial score (nSPS) is 15.2. The molecule has 0 amide bonds. The van der Waals surface area contributed by atoms with Gasteiger partial charge in [-0.2, -0.15) is 5.10 Å². The molecule has 1 fully saturated rings. The number of methoxy groups -OCH3 is 1. The van der Waals surface area contributed by atoms with Gasteiger partial charge in [-0.3, -0.25) is 0 Å². The Bertz CT molecular complexity index is 582. The van der Waals surface area contributed by atoms with E-state index in [2.05, 4.69) is 26.5 Å². The highest BCUT2D eigenvalue weighted by Crippen LogP contribution is 2.30. The van der Waals surface area contributed by atoms with Crippen molar-refractivity contribution in [3.63, 3.8) is 0 Å². The second kappa shape index (κ2) is 5.88. The average Bonchev–Trinajstić information content (AvgIpc) is 2.56. The molecule has 1 saturated heterocycles. The van der Waals surface area contributed by atoms with Crippen LogP contribution >= 0.6 is 0 Å². The van der Waals surface area contributed by atoms with Crippen LogP contribution in [0.15, 0.2) is 36.5 Å². The van der Waals surface area contributed by atoms with E-state index in [9.17, 15) is 0 Å². The molecule has 1 aliphatic heterocycles. The minimum Gasteiger partial charge on any atom is -0.496 e. The lowest BCUT2D eigenvalue weighted by Gasteiger charge is -2.28. The molecule has 104 valence electrons. The predicted molar refractivity (Wildman–Crippen MR) is 79.1 cm³/mol. The van der Waals surface area contributed by atoms with E-state index in [4.69, 9.17) is 4.74 Å². The van der Waals surface area contributed by atoms with Gasteiger partial charge in [0.25, 0.3) is 0 Å². The highest BCUT2D eigenvalue weighted by Gasteiger charge is 2.14. The van der Waals surface area contributed by atoms with Crippen LogP contribution in [0.3, 0.4) is 0 Å². The van der Waals surface area contributed by atoms with E-state index in [0.717, 1.165) is 48.9 Å². The number of benzene rings is 1. The Kier molecular flexibility index (Phi) is 3.78. The molecule has 0 aliphatic carbocycles. The van der Waals surface area contributed by atoms with Crippen molar-refractivity contribution in [2.24, 2.45) is 0 Å². The van der Waals surface area contributed by atoms with Crippen LogP contribution in [0, 0.1) is 0 Å². The van der Waals surface area contributed by atoms with Crippen molar-refractivity contribution in [3.05, 3.63) is 36.5 Å². The number of anilines is 1. The monoisotopic (exact) mass is 270 g/mol. The fraction of sp³-hybridized carbons (Fsp3) is 0.333. The molecule has 3 rings (SSSR count). The fourth-order valence-corrected chi connectivity index (χ4v) is 2.43. The summed E-state index contributed by atoms with van der Waals surface area (Å²) < 4.78 is 5.41. The zero-order valence-electron chi connectivity index (χ0n) is 11.5. The Hall–Kier alpha value is -2.14. The first-order valence-electron chi connectivity index (χ1n) is 6.80. The van der Waals surface area contributed by atoms with E-state index < -0.39 is 0 Å². The van der Waals surface area contributed by atoms with E-state index >= 15 is 0 Å². The molecule has 0 radical (unpaired) electrons. The quantitative estimate of drug-likeness (QED) is 0.917. The molecule has 0 saturated carbocycles. The van der Waals surface area contributed by atoms with Crippen molar-refractivity contribution in [3.8, 4) is 16.9 Å². The van der Waals surface area contributed by atoms with E-state index in [-0.39, 0.29) is 0 Å². The summed E-state index contributed by atoms with van der Waals surface area (Å²) in [6, 6.07) is 10.0. The number of ether oxygens (including phenoxy) is 1. The van der Waals surface area contributed by atoms with Crippen molar-refractivity contribution in [1.82, 2.24) is 15.5 Å². The van der Waals surface area contributed by atoms with Gasteiger partial charge >= 0.3 is 0 Å². The highest BCUT2D eigenvalue weighted by molar-refractivity contribution is 5.71. The molecule has 0 bridgehead atoms. The first-order chi connectivity index (χ1) is 9.88. The fourth-order valence-electron chi connectivity index (χ4n) is 2.43. The predicted octanol–water partition coefficient (Wildman–Crippen LogP) is 1.56. The summed E-state index contributed by atoms with van der Waals surface area (Å²) in [7, 11) is 1.69. The lowest BCUT2D eigenvalue weighted by Crippen LogP contribution is -2.43. The molecular formula is C15H18N4O. The van der Waals surface area contributed by atoms with Crippen molar-refractivity contribution in [2.45, 2.75) is 0 Å². The number of rotatable bonds is 3. The number of nitrogens with one attached hydrogen (secondary N) is 1. The summed E-state index contributed by atoms with van der Waals surface area (Å²) in [5.74, 6) is 1.78. The van der Waals surface area contributed by atoms with Gasteiger partial charge in [-0.15, -0.1) is 5.10 Å². The molecule has 5 heteroatoms. The van der Waals surface area contributed by atoms with Crippen LogP contribution in [-0.2, 0) is 0 Å². The van der Waals surface area contributed by atoms with E-state index in [0.29, 0.717) is 0 Å². The van der Waals surface area contributed by atoms with Crippen LogP contribution in [0.2, 0.25) is 0 Å². The standard InChI is InChI=1S/C15H18N4O/c1-20-14-5-3-2-4-13(14)12-10-15(18-17-11-12)19-8-6-16-7-9-19/h2-5,10-11,16H,6-9H2,1H3. The Morgan fingerprint density at radius 3 is 2.80 bits per heavy atom. The van der Waals surface area contributed by atoms with Gasteiger partial charge in [-0.1, -0.05) is 18.2 Å².